The Labute approximate surface area is 101 Å². The SMILES string of the molecule is Cc1ccnc(NS(=O)(=O)CCCCCl)c1. The van der Waals surface area contributed by atoms with Crippen LogP contribution in [0.5, 0.6) is 0 Å². The topological polar surface area (TPSA) is 59.1 Å². The molecule has 4 nitrogen and oxygen atoms in total. The van der Waals surface area contributed by atoms with Gasteiger partial charge >= 0.3 is 0 Å². The average Bonchev–Trinajstić information content (AvgIpc) is 2.17. The van der Waals surface area contributed by atoms with Gasteiger partial charge in [-0.15, -0.1) is 11.6 Å². The van der Waals surface area contributed by atoms with Crippen LogP contribution in [-0.4, -0.2) is 25.0 Å². The Morgan fingerprint density at radius 2 is 2.19 bits per heavy atom. The number of aryl methyl sites for hydroxylation is 1. The van der Waals surface area contributed by atoms with Gasteiger partial charge in [-0.05, 0) is 37.5 Å². The highest BCUT2D eigenvalue weighted by molar-refractivity contribution is 7.92. The Balaban J connectivity index is 2.59. The Kier molecular flexibility index (Phi) is 5.02. The second-order valence-electron chi connectivity index (χ2n) is 3.54. The van der Waals surface area contributed by atoms with Crippen LogP contribution in [0.3, 0.4) is 0 Å². The quantitative estimate of drug-likeness (QED) is 0.631. The summed E-state index contributed by atoms with van der Waals surface area (Å²) >= 11 is 5.48. The standard InChI is InChI=1S/C10H15ClN2O2S/c1-9-4-6-12-10(8-9)13-16(14,15)7-3-2-5-11/h4,6,8H,2-3,5,7H2,1H3,(H,12,13). The molecule has 0 spiro atoms. The van der Waals surface area contributed by atoms with Crippen molar-refractivity contribution < 1.29 is 8.42 Å². The number of hydrogen-bond acceptors (Lipinski definition) is 3. The largest absolute Gasteiger partial charge is 0.267 e. The molecule has 0 aliphatic carbocycles. The van der Waals surface area contributed by atoms with E-state index in [-0.39, 0.29) is 5.75 Å². The molecule has 6 heteroatoms. The Morgan fingerprint density at radius 3 is 2.81 bits per heavy atom. The predicted octanol–water partition coefficient (Wildman–Crippen LogP) is 2.15. The lowest BCUT2D eigenvalue weighted by Gasteiger charge is -2.06. The van der Waals surface area contributed by atoms with Crippen molar-refractivity contribution in [1.82, 2.24) is 4.98 Å². The maximum Gasteiger partial charge on any atom is 0.233 e. The van der Waals surface area contributed by atoms with Crippen LogP contribution in [-0.2, 0) is 10.0 Å². The van der Waals surface area contributed by atoms with Crippen molar-refractivity contribution in [2.24, 2.45) is 0 Å². The molecule has 90 valence electrons. The van der Waals surface area contributed by atoms with Crippen LogP contribution >= 0.6 is 11.6 Å². The van der Waals surface area contributed by atoms with Crippen LogP contribution < -0.4 is 4.72 Å². The summed E-state index contributed by atoms with van der Waals surface area (Å²) in [5, 5.41) is 0. The van der Waals surface area contributed by atoms with Crippen LogP contribution in [0.2, 0.25) is 0 Å². The van der Waals surface area contributed by atoms with E-state index < -0.39 is 10.0 Å². The van der Waals surface area contributed by atoms with E-state index in [1.165, 1.54) is 0 Å². The number of nitrogens with one attached hydrogen (secondary N) is 1. The molecule has 1 aromatic heterocycles. The van der Waals surface area contributed by atoms with Crippen LogP contribution in [0.15, 0.2) is 18.3 Å². The van der Waals surface area contributed by atoms with Gasteiger partial charge in [-0.25, -0.2) is 13.4 Å². The van der Waals surface area contributed by atoms with Crippen molar-refractivity contribution >= 4 is 27.4 Å². The second kappa shape index (κ2) is 6.06. The van der Waals surface area contributed by atoms with E-state index in [9.17, 15) is 8.42 Å². The third kappa shape index (κ3) is 4.81. The summed E-state index contributed by atoms with van der Waals surface area (Å²) in [7, 11) is -3.29. The highest BCUT2D eigenvalue weighted by atomic mass is 35.5. The van der Waals surface area contributed by atoms with Gasteiger partial charge in [0, 0.05) is 12.1 Å². The van der Waals surface area contributed by atoms with E-state index in [0.29, 0.717) is 24.5 Å². The fraction of sp³-hybridized carbons (Fsp3) is 0.500. The molecule has 1 heterocycles. The van der Waals surface area contributed by atoms with E-state index in [1.54, 1.807) is 12.3 Å². The van der Waals surface area contributed by atoms with Crippen LogP contribution in [0.1, 0.15) is 18.4 Å². The molecule has 1 N–H and O–H groups in total. The first-order chi connectivity index (χ1) is 7.53. The van der Waals surface area contributed by atoms with E-state index in [4.69, 9.17) is 11.6 Å². The second-order valence-corrected chi connectivity index (χ2v) is 5.76. The van der Waals surface area contributed by atoms with Gasteiger partial charge in [-0.2, -0.15) is 0 Å². The van der Waals surface area contributed by atoms with Gasteiger partial charge in [0.25, 0.3) is 0 Å². The van der Waals surface area contributed by atoms with Crippen molar-refractivity contribution in [1.29, 1.82) is 0 Å². The maximum atomic E-state index is 11.6. The third-order valence-corrected chi connectivity index (χ3v) is 3.59. The van der Waals surface area contributed by atoms with Gasteiger partial charge < -0.3 is 0 Å². The van der Waals surface area contributed by atoms with Crippen LogP contribution in [0.4, 0.5) is 5.82 Å². The van der Waals surface area contributed by atoms with E-state index in [1.807, 2.05) is 13.0 Å². The van der Waals surface area contributed by atoms with Gasteiger partial charge in [0.05, 0.1) is 5.75 Å². The molecule has 0 unspecified atom stereocenters. The van der Waals surface area contributed by atoms with E-state index in [0.717, 1.165) is 5.56 Å². The number of rotatable bonds is 6. The minimum Gasteiger partial charge on any atom is -0.267 e. The number of anilines is 1. The summed E-state index contributed by atoms with van der Waals surface area (Å²) in [5.41, 5.74) is 0.966. The van der Waals surface area contributed by atoms with Crippen molar-refractivity contribution in [3.63, 3.8) is 0 Å². The first kappa shape index (κ1) is 13.3. The smallest absolute Gasteiger partial charge is 0.233 e. The Hall–Kier alpha value is -0.810. The van der Waals surface area contributed by atoms with Crippen molar-refractivity contribution in [2.75, 3.05) is 16.4 Å². The molecule has 0 saturated heterocycles. The van der Waals surface area contributed by atoms with E-state index >= 15 is 0 Å². The van der Waals surface area contributed by atoms with Crippen LogP contribution in [0.25, 0.3) is 0 Å². The maximum absolute atomic E-state index is 11.6. The first-order valence-electron chi connectivity index (χ1n) is 5.02. The Bertz CT molecular complexity index is 434. The molecular weight excluding hydrogens is 248 g/mol. The number of pyridine rings is 1. The van der Waals surface area contributed by atoms with Crippen molar-refractivity contribution in [3.8, 4) is 0 Å². The zero-order valence-electron chi connectivity index (χ0n) is 9.11. The lowest BCUT2D eigenvalue weighted by molar-refractivity contribution is 0.598. The van der Waals surface area contributed by atoms with Crippen molar-refractivity contribution in [2.45, 2.75) is 19.8 Å². The molecule has 0 aromatic carbocycles. The first-order valence-corrected chi connectivity index (χ1v) is 7.21. The molecule has 1 rings (SSSR count). The molecule has 0 saturated carbocycles. The lowest BCUT2D eigenvalue weighted by Crippen LogP contribution is -2.17. The number of aromatic nitrogens is 1. The summed E-state index contributed by atoms with van der Waals surface area (Å²) in [6.07, 6.45) is 2.83. The molecule has 0 radical (unpaired) electrons. The highest BCUT2D eigenvalue weighted by Crippen LogP contribution is 2.08. The minimum atomic E-state index is -3.29. The number of unbranched alkanes of at least 4 members (excludes halogenated alkanes) is 1. The summed E-state index contributed by atoms with van der Waals surface area (Å²) in [6, 6.07) is 3.50. The molecule has 0 bridgehead atoms. The number of nitrogens with zero attached hydrogens (tertiary/aromatic N) is 1. The molecule has 0 aliphatic heterocycles. The fourth-order valence-corrected chi connectivity index (χ4v) is 2.49. The number of sulfonamides is 1. The summed E-state index contributed by atoms with van der Waals surface area (Å²) in [5.74, 6) is 0.930. The van der Waals surface area contributed by atoms with Gasteiger partial charge in [0.2, 0.25) is 10.0 Å². The molecule has 1 aromatic rings. The van der Waals surface area contributed by atoms with Gasteiger partial charge in [-0.3, -0.25) is 4.72 Å². The fourth-order valence-electron chi connectivity index (χ4n) is 1.19. The van der Waals surface area contributed by atoms with Gasteiger partial charge in [0.15, 0.2) is 0 Å². The molecule has 0 fully saturated rings. The summed E-state index contributed by atoms with van der Waals surface area (Å²) < 4.78 is 25.6. The normalized spacial score (nSPS) is 11.4. The average molecular weight is 263 g/mol. The summed E-state index contributed by atoms with van der Waals surface area (Å²) in [4.78, 5) is 3.94. The molecule has 16 heavy (non-hydrogen) atoms. The zero-order chi connectivity index (χ0) is 12.0. The lowest BCUT2D eigenvalue weighted by atomic mass is 10.3. The number of alkyl halides is 1. The monoisotopic (exact) mass is 262 g/mol. The molecular formula is C10H15ClN2O2S. The molecule has 0 atom stereocenters. The number of halogens is 1. The van der Waals surface area contributed by atoms with Gasteiger partial charge in [0.1, 0.15) is 5.82 Å². The predicted molar refractivity (Wildman–Crippen MR) is 66.3 cm³/mol. The molecule has 0 aliphatic rings. The Morgan fingerprint density at radius 1 is 1.44 bits per heavy atom. The van der Waals surface area contributed by atoms with Crippen LogP contribution in [0, 0.1) is 6.92 Å². The van der Waals surface area contributed by atoms with Crippen molar-refractivity contribution in [3.05, 3.63) is 23.9 Å². The minimum absolute atomic E-state index is 0.0787. The van der Waals surface area contributed by atoms with Gasteiger partial charge in [-0.1, -0.05) is 0 Å². The molecule has 0 amide bonds. The number of hydrogen-bond donors (Lipinski definition) is 1. The summed E-state index contributed by atoms with van der Waals surface area (Å²) in [6.45, 7) is 1.88. The zero-order valence-corrected chi connectivity index (χ0v) is 10.7. The highest BCUT2D eigenvalue weighted by Gasteiger charge is 2.10. The third-order valence-electron chi connectivity index (χ3n) is 1.97. The van der Waals surface area contributed by atoms with E-state index in [2.05, 4.69) is 9.71 Å².